The number of anilines is 1. The third-order valence-corrected chi connectivity index (χ3v) is 5.84. The normalized spacial score (nSPS) is 17.8. The minimum Gasteiger partial charge on any atom is -0.497 e. The van der Waals surface area contributed by atoms with Crippen LogP contribution in [-0.4, -0.2) is 60.5 Å². The SMILES string of the molecule is COc1cccc(-c2ccc(N3CCN(C(=O)NC4CCCCC4)CC3)nn2)c1. The highest BCUT2D eigenvalue weighted by molar-refractivity contribution is 5.75. The number of rotatable bonds is 4. The lowest BCUT2D eigenvalue weighted by Gasteiger charge is -2.36. The summed E-state index contributed by atoms with van der Waals surface area (Å²) in [5.74, 6) is 1.65. The van der Waals surface area contributed by atoms with Crippen LogP contribution in [0.2, 0.25) is 0 Å². The second-order valence-electron chi connectivity index (χ2n) is 7.77. The summed E-state index contributed by atoms with van der Waals surface area (Å²) in [5, 5.41) is 12.0. The van der Waals surface area contributed by atoms with Crippen molar-refractivity contribution in [3.63, 3.8) is 0 Å². The number of methoxy groups -OCH3 is 1. The number of hydrogen-bond donors (Lipinski definition) is 1. The van der Waals surface area contributed by atoms with Crippen molar-refractivity contribution in [2.24, 2.45) is 0 Å². The first kappa shape index (κ1) is 19.5. The van der Waals surface area contributed by atoms with Gasteiger partial charge < -0.3 is 19.9 Å². The lowest BCUT2D eigenvalue weighted by atomic mass is 9.96. The smallest absolute Gasteiger partial charge is 0.317 e. The molecule has 1 saturated carbocycles. The largest absolute Gasteiger partial charge is 0.497 e. The molecule has 0 bridgehead atoms. The van der Waals surface area contributed by atoms with Crippen molar-refractivity contribution in [1.82, 2.24) is 20.4 Å². The maximum Gasteiger partial charge on any atom is 0.317 e. The molecule has 0 unspecified atom stereocenters. The van der Waals surface area contributed by atoms with Gasteiger partial charge in [-0.25, -0.2) is 4.79 Å². The van der Waals surface area contributed by atoms with E-state index < -0.39 is 0 Å². The van der Waals surface area contributed by atoms with Crippen molar-refractivity contribution in [2.45, 2.75) is 38.1 Å². The minimum atomic E-state index is 0.0796. The fraction of sp³-hybridized carbons (Fsp3) is 0.500. The summed E-state index contributed by atoms with van der Waals surface area (Å²) in [5.41, 5.74) is 1.80. The molecule has 7 nitrogen and oxygen atoms in total. The molecule has 2 heterocycles. The summed E-state index contributed by atoms with van der Waals surface area (Å²) < 4.78 is 5.28. The van der Waals surface area contributed by atoms with Gasteiger partial charge in [-0.1, -0.05) is 31.4 Å². The highest BCUT2D eigenvalue weighted by Crippen LogP contribution is 2.23. The van der Waals surface area contributed by atoms with Gasteiger partial charge in [0.2, 0.25) is 0 Å². The molecule has 29 heavy (non-hydrogen) atoms. The van der Waals surface area contributed by atoms with Crippen LogP contribution < -0.4 is 15.0 Å². The van der Waals surface area contributed by atoms with E-state index in [0.29, 0.717) is 19.1 Å². The Bertz CT molecular complexity index is 812. The molecule has 0 atom stereocenters. The fourth-order valence-corrected chi connectivity index (χ4v) is 4.08. The Morgan fingerprint density at radius 2 is 1.83 bits per heavy atom. The van der Waals surface area contributed by atoms with Crippen molar-refractivity contribution in [2.75, 3.05) is 38.2 Å². The number of piperazine rings is 1. The number of benzene rings is 1. The van der Waals surface area contributed by atoms with Crippen LogP contribution in [-0.2, 0) is 0 Å². The third kappa shape index (κ3) is 4.78. The van der Waals surface area contributed by atoms with E-state index in [0.717, 1.165) is 48.8 Å². The summed E-state index contributed by atoms with van der Waals surface area (Å²) in [6.45, 7) is 2.95. The molecule has 1 aromatic heterocycles. The van der Waals surface area contributed by atoms with Crippen LogP contribution in [0.3, 0.4) is 0 Å². The Labute approximate surface area is 172 Å². The zero-order valence-corrected chi connectivity index (χ0v) is 17.0. The molecule has 1 aromatic carbocycles. The Balaban J connectivity index is 1.32. The van der Waals surface area contributed by atoms with Gasteiger partial charge >= 0.3 is 6.03 Å². The number of nitrogens with zero attached hydrogens (tertiary/aromatic N) is 4. The van der Waals surface area contributed by atoms with Crippen molar-refractivity contribution in [1.29, 1.82) is 0 Å². The van der Waals surface area contributed by atoms with Crippen molar-refractivity contribution in [3.05, 3.63) is 36.4 Å². The first-order valence-electron chi connectivity index (χ1n) is 10.5. The molecule has 1 saturated heterocycles. The molecule has 2 fully saturated rings. The number of hydrogen-bond acceptors (Lipinski definition) is 5. The Hall–Kier alpha value is -2.83. The van der Waals surface area contributed by atoms with Crippen LogP contribution in [0.5, 0.6) is 5.75 Å². The summed E-state index contributed by atoms with van der Waals surface area (Å²) in [4.78, 5) is 16.6. The predicted molar refractivity (Wildman–Crippen MR) is 113 cm³/mol. The van der Waals surface area contributed by atoms with E-state index in [2.05, 4.69) is 20.4 Å². The first-order valence-corrected chi connectivity index (χ1v) is 10.5. The molecule has 1 aliphatic carbocycles. The van der Waals surface area contributed by atoms with E-state index in [1.807, 2.05) is 41.3 Å². The van der Waals surface area contributed by atoms with Crippen LogP contribution in [0.4, 0.5) is 10.6 Å². The molecular weight excluding hydrogens is 366 g/mol. The van der Waals surface area contributed by atoms with Crippen LogP contribution >= 0.6 is 0 Å². The first-order chi connectivity index (χ1) is 14.2. The summed E-state index contributed by atoms with van der Waals surface area (Å²) in [6.07, 6.45) is 5.97. The van der Waals surface area contributed by atoms with Gasteiger partial charge in [0.05, 0.1) is 12.8 Å². The average Bonchev–Trinajstić information content (AvgIpc) is 2.80. The number of ether oxygens (including phenoxy) is 1. The van der Waals surface area contributed by atoms with E-state index in [-0.39, 0.29) is 6.03 Å². The maximum atomic E-state index is 12.5. The summed E-state index contributed by atoms with van der Waals surface area (Å²) in [6, 6.07) is 12.2. The average molecular weight is 396 g/mol. The second kappa shape index (κ2) is 9.11. The molecule has 0 spiro atoms. The van der Waals surface area contributed by atoms with Crippen molar-refractivity contribution < 1.29 is 9.53 Å². The summed E-state index contributed by atoms with van der Waals surface area (Å²) in [7, 11) is 1.66. The molecule has 1 N–H and O–H groups in total. The lowest BCUT2D eigenvalue weighted by molar-refractivity contribution is 0.186. The number of amides is 2. The minimum absolute atomic E-state index is 0.0796. The molecule has 1 aliphatic heterocycles. The number of urea groups is 1. The number of carbonyl (C=O) groups is 1. The number of carbonyl (C=O) groups excluding carboxylic acids is 1. The van der Waals surface area contributed by atoms with Crippen LogP contribution in [0, 0.1) is 0 Å². The molecule has 154 valence electrons. The van der Waals surface area contributed by atoms with Gasteiger partial charge in [-0.05, 0) is 37.1 Å². The van der Waals surface area contributed by atoms with Gasteiger partial charge in [0, 0.05) is 37.8 Å². The van der Waals surface area contributed by atoms with Gasteiger partial charge in [-0.15, -0.1) is 10.2 Å². The van der Waals surface area contributed by atoms with Crippen LogP contribution in [0.25, 0.3) is 11.3 Å². The van der Waals surface area contributed by atoms with E-state index in [1.54, 1.807) is 7.11 Å². The highest BCUT2D eigenvalue weighted by atomic mass is 16.5. The van der Waals surface area contributed by atoms with Gasteiger partial charge in [0.1, 0.15) is 5.75 Å². The Kier molecular flexibility index (Phi) is 6.12. The zero-order chi connectivity index (χ0) is 20.1. The fourth-order valence-electron chi connectivity index (χ4n) is 4.08. The van der Waals surface area contributed by atoms with E-state index >= 15 is 0 Å². The molecule has 7 heteroatoms. The summed E-state index contributed by atoms with van der Waals surface area (Å²) >= 11 is 0. The van der Waals surface area contributed by atoms with E-state index in [9.17, 15) is 4.79 Å². The quantitative estimate of drug-likeness (QED) is 0.860. The Morgan fingerprint density at radius 1 is 1.03 bits per heavy atom. The van der Waals surface area contributed by atoms with Gasteiger partial charge in [-0.2, -0.15) is 0 Å². The van der Waals surface area contributed by atoms with Gasteiger partial charge in [0.15, 0.2) is 5.82 Å². The van der Waals surface area contributed by atoms with Crippen molar-refractivity contribution in [3.8, 4) is 17.0 Å². The van der Waals surface area contributed by atoms with Gasteiger partial charge in [0.25, 0.3) is 0 Å². The van der Waals surface area contributed by atoms with E-state index in [4.69, 9.17) is 4.74 Å². The highest BCUT2D eigenvalue weighted by Gasteiger charge is 2.24. The molecule has 0 radical (unpaired) electrons. The van der Waals surface area contributed by atoms with Gasteiger partial charge in [-0.3, -0.25) is 0 Å². The maximum absolute atomic E-state index is 12.5. The number of aromatic nitrogens is 2. The van der Waals surface area contributed by atoms with Crippen LogP contribution in [0.15, 0.2) is 36.4 Å². The molecule has 2 amide bonds. The monoisotopic (exact) mass is 395 g/mol. The standard InChI is InChI=1S/C22H29N5O2/c1-29-19-9-5-6-17(16-19)20-10-11-21(25-24-20)26-12-14-27(15-13-26)22(28)23-18-7-3-2-4-8-18/h5-6,9-11,16,18H,2-4,7-8,12-15H2,1H3,(H,23,28). The third-order valence-electron chi connectivity index (χ3n) is 5.84. The van der Waals surface area contributed by atoms with Crippen molar-refractivity contribution >= 4 is 11.8 Å². The molecule has 2 aromatic rings. The predicted octanol–water partition coefficient (Wildman–Crippen LogP) is 3.32. The lowest BCUT2D eigenvalue weighted by Crippen LogP contribution is -2.53. The molecule has 2 aliphatic rings. The topological polar surface area (TPSA) is 70.6 Å². The molecule has 4 rings (SSSR count). The van der Waals surface area contributed by atoms with Crippen LogP contribution in [0.1, 0.15) is 32.1 Å². The zero-order valence-electron chi connectivity index (χ0n) is 17.0. The number of nitrogens with one attached hydrogen (secondary N) is 1. The Morgan fingerprint density at radius 3 is 2.52 bits per heavy atom. The molecular formula is C22H29N5O2. The van der Waals surface area contributed by atoms with E-state index in [1.165, 1.54) is 19.3 Å². The second-order valence-corrected chi connectivity index (χ2v) is 7.77.